The summed E-state index contributed by atoms with van der Waals surface area (Å²) in [5.74, 6) is 0.515. The Morgan fingerprint density at radius 2 is 2.00 bits per heavy atom. The number of anilines is 2. The highest BCUT2D eigenvalue weighted by Gasteiger charge is 2.07. The number of pyridine rings is 1. The summed E-state index contributed by atoms with van der Waals surface area (Å²) in [6.45, 7) is 0.311. The molecular formula is C14H14N4O. The molecule has 5 nitrogen and oxygen atoms in total. The summed E-state index contributed by atoms with van der Waals surface area (Å²) in [5.41, 5.74) is 6.93. The predicted octanol–water partition coefficient (Wildman–Crippen LogP) is 1.68. The Morgan fingerprint density at radius 1 is 1.26 bits per heavy atom. The molecule has 1 atom stereocenters. The lowest BCUT2D eigenvalue weighted by atomic mass is 10.1. The predicted molar refractivity (Wildman–Crippen MR) is 73.3 cm³/mol. The molecule has 5 heteroatoms. The molecule has 0 bridgehead atoms. The standard InChI is InChI=1S/C14H14N4O/c15-8-12-11(16)6-7-14(18-12)17-9-13(19)10-4-2-1-3-5-10/h1-7,13,19H,9,16H2,(H,17,18). The van der Waals surface area contributed by atoms with Crippen molar-refractivity contribution in [3.63, 3.8) is 0 Å². The van der Waals surface area contributed by atoms with Gasteiger partial charge in [0.25, 0.3) is 0 Å². The molecule has 0 radical (unpaired) electrons. The zero-order valence-electron chi connectivity index (χ0n) is 10.2. The van der Waals surface area contributed by atoms with Crippen LogP contribution in [-0.2, 0) is 0 Å². The molecule has 0 aliphatic carbocycles. The van der Waals surface area contributed by atoms with Gasteiger partial charge in [0.15, 0.2) is 5.69 Å². The van der Waals surface area contributed by atoms with E-state index in [2.05, 4.69) is 10.3 Å². The number of nitrogens with one attached hydrogen (secondary N) is 1. The lowest BCUT2D eigenvalue weighted by Gasteiger charge is -2.12. The van der Waals surface area contributed by atoms with Crippen molar-refractivity contribution < 1.29 is 5.11 Å². The summed E-state index contributed by atoms with van der Waals surface area (Å²) < 4.78 is 0. The van der Waals surface area contributed by atoms with Crippen molar-refractivity contribution in [1.82, 2.24) is 4.98 Å². The van der Waals surface area contributed by atoms with E-state index in [1.165, 1.54) is 0 Å². The molecule has 0 spiro atoms. The van der Waals surface area contributed by atoms with Crippen LogP contribution >= 0.6 is 0 Å². The molecule has 1 aromatic carbocycles. The third-order valence-corrected chi connectivity index (χ3v) is 2.69. The number of aliphatic hydroxyl groups is 1. The van der Waals surface area contributed by atoms with Crippen molar-refractivity contribution in [3.05, 3.63) is 53.7 Å². The zero-order chi connectivity index (χ0) is 13.7. The van der Waals surface area contributed by atoms with Crippen LogP contribution in [0.15, 0.2) is 42.5 Å². The van der Waals surface area contributed by atoms with Crippen LogP contribution in [0.25, 0.3) is 0 Å². The van der Waals surface area contributed by atoms with Gasteiger partial charge in [-0.1, -0.05) is 30.3 Å². The van der Waals surface area contributed by atoms with Crippen LogP contribution < -0.4 is 11.1 Å². The maximum Gasteiger partial charge on any atom is 0.165 e. The Kier molecular flexibility index (Phi) is 3.96. The first-order chi connectivity index (χ1) is 9.20. The van der Waals surface area contributed by atoms with Gasteiger partial charge in [0.1, 0.15) is 11.9 Å². The highest BCUT2D eigenvalue weighted by atomic mass is 16.3. The minimum Gasteiger partial charge on any atom is -0.396 e. The minimum absolute atomic E-state index is 0.180. The molecule has 1 aromatic heterocycles. The number of hydrogen-bond acceptors (Lipinski definition) is 5. The number of nitrogens with two attached hydrogens (primary N) is 1. The number of nitriles is 1. The fraction of sp³-hybridized carbons (Fsp3) is 0.143. The van der Waals surface area contributed by atoms with Crippen LogP contribution in [0.1, 0.15) is 17.4 Å². The summed E-state index contributed by atoms with van der Waals surface area (Å²) >= 11 is 0. The topological polar surface area (TPSA) is 95.0 Å². The number of nitrogen functional groups attached to an aromatic ring is 1. The van der Waals surface area contributed by atoms with E-state index in [9.17, 15) is 5.11 Å². The third-order valence-electron chi connectivity index (χ3n) is 2.69. The van der Waals surface area contributed by atoms with E-state index in [0.29, 0.717) is 18.1 Å². The monoisotopic (exact) mass is 254 g/mol. The van der Waals surface area contributed by atoms with E-state index >= 15 is 0 Å². The van der Waals surface area contributed by atoms with Crippen LogP contribution in [0.2, 0.25) is 0 Å². The Hall–Kier alpha value is -2.58. The van der Waals surface area contributed by atoms with Gasteiger partial charge in [0, 0.05) is 6.54 Å². The van der Waals surface area contributed by atoms with E-state index in [1.807, 2.05) is 36.4 Å². The van der Waals surface area contributed by atoms with Crippen LogP contribution in [0.5, 0.6) is 0 Å². The van der Waals surface area contributed by atoms with E-state index < -0.39 is 6.10 Å². The van der Waals surface area contributed by atoms with E-state index in [0.717, 1.165) is 5.56 Å². The lowest BCUT2D eigenvalue weighted by Crippen LogP contribution is -2.13. The molecule has 1 unspecified atom stereocenters. The number of hydrogen-bond donors (Lipinski definition) is 3. The maximum absolute atomic E-state index is 9.98. The molecule has 0 fully saturated rings. The molecule has 96 valence electrons. The third kappa shape index (κ3) is 3.21. The zero-order valence-corrected chi connectivity index (χ0v) is 10.2. The second-order valence-corrected chi connectivity index (χ2v) is 4.05. The molecule has 2 aromatic rings. The van der Waals surface area contributed by atoms with E-state index in [-0.39, 0.29) is 5.69 Å². The summed E-state index contributed by atoms with van der Waals surface area (Å²) in [5, 5.41) is 21.8. The van der Waals surface area contributed by atoms with Crippen LogP contribution in [0.3, 0.4) is 0 Å². The number of rotatable bonds is 4. The largest absolute Gasteiger partial charge is 0.396 e. The van der Waals surface area contributed by atoms with Gasteiger partial charge in [0.05, 0.1) is 11.8 Å². The molecule has 4 N–H and O–H groups in total. The molecule has 0 aliphatic heterocycles. The van der Waals surface area contributed by atoms with Gasteiger partial charge < -0.3 is 16.2 Å². The van der Waals surface area contributed by atoms with Crippen LogP contribution in [0.4, 0.5) is 11.5 Å². The van der Waals surface area contributed by atoms with Gasteiger partial charge in [-0.15, -0.1) is 0 Å². The minimum atomic E-state index is -0.633. The first kappa shape index (κ1) is 12.9. The van der Waals surface area contributed by atoms with Crippen molar-refractivity contribution in [2.75, 3.05) is 17.6 Å². The van der Waals surface area contributed by atoms with Crippen molar-refractivity contribution in [2.45, 2.75) is 6.10 Å². The summed E-state index contributed by atoms with van der Waals surface area (Å²) in [6, 6.07) is 14.5. The van der Waals surface area contributed by atoms with Gasteiger partial charge in [-0.25, -0.2) is 4.98 Å². The number of aliphatic hydroxyl groups excluding tert-OH is 1. The van der Waals surface area contributed by atoms with E-state index in [1.54, 1.807) is 12.1 Å². The average Bonchev–Trinajstić information content (AvgIpc) is 2.47. The SMILES string of the molecule is N#Cc1nc(NCC(O)c2ccccc2)ccc1N. The van der Waals surface area contributed by atoms with Crippen LogP contribution in [-0.4, -0.2) is 16.6 Å². The Balaban J connectivity index is 2.01. The number of benzene rings is 1. The number of aromatic nitrogens is 1. The average molecular weight is 254 g/mol. The van der Waals surface area contributed by atoms with Gasteiger partial charge in [-0.2, -0.15) is 5.26 Å². The van der Waals surface area contributed by atoms with E-state index in [4.69, 9.17) is 11.0 Å². The molecular weight excluding hydrogens is 240 g/mol. The quantitative estimate of drug-likeness (QED) is 0.771. The molecule has 0 saturated heterocycles. The first-order valence-electron chi connectivity index (χ1n) is 5.84. The Labute approximate surface area is 111 Å². The van der Waals surface area contributed by atoms with Crippen molar-refractivity contribution in [1.29, 1.82) is 5.26 Å². The molecule has 0 aliphatic rings. The molecule has 2 rings (SSSR count). The summed E-state index contributed by atoms with van der Waals surface area (Å²) in [7, 11) is 0. The highest BCUT2D eigenvalue weighted by molar-refractivity contribution is 5.54. The lowest BCUT2D eigenvalue weighted by molar-refractivity contribution is 0.191. The number of nitrogens with zero attached hydrogens (tertiary/aromatic N) is 2. The highest BCUT2D eigenvalue weighted by Crippen LogP contribution is 2.15. The van der Waals surface area contributed by atoms with Crippen molar-refractivity contribution in [2.24, 2.45) is 0 Å². The molecule has 1 heterocycles. The Morgan fingerprint density at radius 3 is 2.68 bits per heavy atom. The normalized spacial score (nSPS) is 11.6. The maximum atomic E-state index is 9.98. The summed E-state index contributed by atoms with van der Waals surface area (Å²) in [6.07, 6.45) is -0.633. The van der Waals surface area contributed by atoms with Crippen LogP contribution in [0, 0.1) is 11.3 Å². The fourth-order valence-electron chi connectivity index (χ4n) is 1.65. The Bertz CT molecular complexity index is 592. The molecule has 19 heavy (non-hydrogen) atoms. The van der Waals surface area contributed by atoms with Gasteiger partial charge in [0.2, 0.25) is 0 Å². The smallest absolute Gasteiger partial charge is 0.165 e. The van der Waals surface area contributed by atoms with Crippen molar-refractivity contribution >= 4 is 11.5 Å². The summed E-state index contributed by atoms with van der Waals surface area (Å²) in [4.78, 5) is 4.05. The van der Waals surface area contributed by atoms with Crippen molar-refractivity contribution in [3.8, 4) is 6.07 Å². The fourth-order valence-corrected chi connectivity index (χ4v) is 1.65. The second kappa shape index (κ2) is 5.85. The first-order valence-corrected chi connectivity index (χ1v) is 5.84. The second-order valence-electron chi connectivity index (χ2n) is 4.05. The molecule has 0 saturated carbocycles. The van der Waals surface area contributed by atoms with Gasteiger partial charge in [-0.05, 0) is 17.7 Å². The van der Waals surface area contributed by atoms with Gasteiger partial charge in [-0.3, -0.25) is 0 Å². The molecule has 0 amide bonds. The van der Waals surface area contributed by atoms with Gasteiger partial charge >= 0.3 is 0 Å².